The van der Waals surface area contributed by atoms with E-state index in [-0.39, 0.29) is 0 Å². The number of fused-ring (bicyclic) bond motifs is 1. The summed E-state index contributed by atoms with van der Waals surface area (Å²) < 4.78 is 0. The van der Waals surface area contributed by atoms with Crippen LogP contribution in [0.25, 0.3) is 0 Å². The highest BCUT2D eigenvalue weighted by molar-refractivity contribution is 5.60. The van der Waals surface area contributed by atoms with Gasteiger partial charge < -0.3 is 10.2 Å². The zero-order valence-electron chi connectivity index (χ0n) is 11.0. The van der Waals surface area contributed by atoms with E-state index in [0.29, 0.717) is 12.0 Å². The molecular formula is C14H22N2. The molecule has 88 valence electrons. The molecule has 1 aliphatic rings. The van der Waals surface area contributed by atoms with E-state index in [4.69, 9.17) is 0 Å². The second-order valence-electron chi connectivity index (χ2n) is 5.31. The van der Waals surface area contributed by atoms with Crippen LogP contribution in [-0.2, 0) is 0 Å². The van der Waals surface area contributed by atoms with Crippen LogP contribution in [0.3, 0.4) is 0 Å². The van der Waals surface area contributed by atoms with E-state index < -0.39 is 0 Å². The van der Waals surface area contributed by atoms with Crippen molar-refractivity contribution in [2.24, 2.45) is 5.92 Å². The van der Waals surface area contributed by atoms with Crippen LogP contribution in [-0.4, -0.2) is 25.5 Å². The lowest BCUT2D eigenvalue weighted by Crippen LogP contribution is -2.35. The predicted molar refractivity (Wildman–Crippen MR) is 70.0 cm³/mol. The van der Waals surface area contributed by atoms with Crippen molar-refractivity contribution < 1.29 is 0 Å². The van der Waals surface area contributed by atoms with Crippen molar-refractivity contribution >= 4 is 5.69 Å². The first-order valence-electron chi connectivity index (χ1n) is 6.02. The second-order valence-corrected chi connectivity index (χ2v) is 5.31. The molecule has 0 radical (unpaired) electrons. The Bertz CT molecular complexity index is 396. The topological polar surface area (TPSA) is 15.3 Å². The maximum absolute atomic E-state index is 3.55. The van der Waals surface area contributed by atoms with Gasteiger partial charge in [0.2, 0.25) is 0 Å². The fraction of sp³-hybridized carbons (Fsp3) is 0.571. The average Bonchev–Trinajstić information content (AvgIpc) is 2.18. The third-order valence-corrected chi connectivity index (χ3v) is 3.54. The standard InChI is InChI=1S/C14H22N2/c1-9-6-10(2)13-12(7-9)15-8-11(3)14(13)16(4)5/h6-7,11,14-15H,8H2,1-5H3. The summed E-state index contributed by atoms with van der Waals surface area (Å²) in [4.78, 5) is 2.34. The molecule has 1 aliphatic heterocycles. The number of hydrogen-bond donors (Lipinski definition) is 1. The largest absolute Gasteiger partial charge is 0.384 e. The summed E-state index contributed by atoms with van der Waals surface area (Å²) in [6, 6.07) is 5.09. The van der Waals surface area contributed by atoms with Crippen molar-refractivity contribution in [3.63, 3.8) is 0 Å². The van der Waals surface area contributed by atoms with Crippen LogP contribution >= 0.6 is 0 Å². The van der Waals surface area contributed by atoms with Crippen molar-refractivity contribution in [1.82, 2.24) is 4.90 Å². The summed E-state index contributed by atoms with van der Waals surface area (Å²) >= 11 is 0. The summed E-state index contributed by atoms with van der Waals surface area (Å²) in [6.07, 6.45) is 0. The Labute approximate surface area is 98.7 Å². The molecule has 1 N–H and O–H groups in total. The van der Waals surface area contributed by atoms with Crippen LogP contribution in [0.15, 0.2) is 12.1 Å². The van der Waals surface area contributed by atoms with Gasteiger partial charge in [0.25, 0.3) is 0 Å². The zero-order valence-corrected chi connectivity index (χ0v) is 11.0. The van der Waals surface area contributed by atoms with Crippen LogP contribution in [0.5, 0.6) is 0 Å². The van der Waals surface area contributed by atoms with Gasteiger partial charge in [-0.05, 0) is 56.6 Å². The Hall–Kier alpha value is -1.02. The quantitative estimate of drug-likeness (QED) is 0.779. The number of nitrogens with zero attached hydrogens (tertiary/aromatic N) is 1. The molecule has 2 rings (SSSR count). The molecule has 2 nitrogen and oxygen atoms in total. The lowest BCUT2D eigenvalue weighted by atomic mass is 9.85. The fourth-order valence-corrected chi connectivity index (χ4v) is 2.95. The van der Waals surface area contributed by atoms with E-state index in [9.17, 15) is 0 Å². The predicted octanol–water partition coefficient (Wildman–Crippen LogP) is 2.97. The molecule has 0 fully saturated rings. The summed E-state index contributed by atoms with van der Waals surface area (Å²) in [5.74, 6) is 0.656. The first-order chi connectivity index (χ1) is 7.50. The van der Waals surface area contributed by atoms with Crippen molar-refractivity contribution in [3.05, 3.63) is 28.8 Å². The van der Waals surface area contributed by atoms with E-state index in [2.05, 4.69) is 57.2 Å². The summed E-state index contributed by atoms with van der Waals surface area (Å²) in [5, 5.41) is 3.55. The number of anilines is 1. The molecule has 0 aliphatic carbocycles. The SMILES string of the molecule is Cc1cc(C)c2c(c1)NCC(C)C2N(C)C. The van der Waals surface area contributed by atoms with Gasteiger partial charge in [-0.2, -0.15) is 0 Å². The van der Waals surface area contributed by atoms with E-state index in [1.54, 1.807) is 0 Å². The van der Waals surface area contributed by atoms with Crippen LogP contribution in [0.1, 0.15) is 29.7 Å². The van der Waals surface area contributed by atoms with E-state index >= 15 is 0 Å². The molecule has 1 aromatic carbocycles. The fourth-order valence-electron chi connectivity index (χ4n) is 2.95. The normalized spacial score (nSPS) is 24.1. The monoisotopic (exact) mass is 218 g/mol. The number of aryl methyl sites for hydroxylation is 2. The smallest absolute Gasteiger partial charge is 0.0407 e. The Balaban J connectivity index is 2.54. The summed E-state index contributed by atoms with van der Waals surface area (Å²) in [6.45, 7) is 7.78. The highest BCUT2D eigenvalue weighted by Crippen LogP contribution is 2.38. The molecule has 0 saturated carbocycles. The molecule has 0 aromatic heterocycles. The Kier molecular flexibility index (Phi) is 2.94. The van der Waals surface area contributed by atoms with Gasteiger partial charge >= 0.3 is 0 Å². The van der Waals surface area contributed by atoms with E-state index in [0.717, 1.165) is 6.54 Å². The first kappa shape index (κ1) is 11.5. The maximum atomic E-state index is 3.55. The molecule has 2 atom stereocenters. The number of hydrogen-bond acceptors (Lipinski definition) is 2. The Morgan fingerprint density at radius 3 is 2.56 bits per heavy atom. The number of benzene rings is 1. The van der Waals surface area contributed by atoms with Crippen LogP contribution < -0.4 is 5.32 Å². The molecule has 0 amide bonds. The second kappa shape index (κ2) is 4.10. The lowest BCUT2D eigenvalue weighted by Gasteiger charge is -2.38. The Morgan fingerprint density at radius 2 is 1.94 bits per heavy atom. The van der Waals surface area contributed by atoms with Gasteiger partial charge in [0.15, 0.2) is 0 Å². The van der Waals surface area contributed by atoms with Gasteiger partial charge in [0.1, 0.15) is 0 Å². The molecule has 2 heteroatoms. The number of rotatable bonds is 1. The molecular weight excluding hydrogens is 196 g/mol. The van der Waals surface area contributed by atoms with Crippen molar-refractivity contribution in [2.45, 2.75) is 26.8 Å². The van der Waals surface area contributed by atoms with Gasteiger partial charge in [0, 0.05) is 18.3 Å². The van der Waals surface area contributed by atoms with Gasteiger partial charge in [0.05, 0.1) is 0 Å². The molecule has 0 saturated heterocycles. The highest BCUT2D eigenvalue weighted by Gasteiger charge is 2.29. The lowest BCUT2D eigenvalue weighted by molar-refractivity contribution is 0.224. The van der Waals surface area contributed by atoms with Crippen LogP contribution in [0.4, 0.5) is 5.69 Å². The third kappa shape index (κ3) is 1.82. The molecule has 0 spiro atoms. The van der Waals surface area contributed by atoms with Crippen molar-refractivity contribution in [3.8, 4) is 0 Å². The highest BCUT2D eigenvalue weighted by atomic mass is 15.1. The number of nitrogens with one attached hydrogen (secondary N) is 1. The van der Waals surface area contributed by atoms with Crippen LogP contribution in [0.2, 0.25) is 0 Å². The minimum atomic E-state index is 0.539. The minimum Gasteiger partial charge on any atom is -0.384 e. The average molecular weight is 218 g/mol. The zero-order chi connectivity index (χ0) is 11.9. The third-order valence-electron chi connectivity index (χ3n) is 3.54. The molecule has 16 heavy (non-hydrogen) atoms. The maximum Gasteiger partial charge on any atom is 0.0407 e. The summed E-state index contributed by atoms with van der Waals surface area (Å²) in [7, 11) is 4.35. The minimum absolute atomic E-state index is 0.539. The van der Waals surface area contributed by atoms with Gasteiger partial charge in [-0.25, -0.2) is 0 Å². The van der Waals surface area contributed by atoms with Crippen LogP contribution in [0, 0.1) is 19.8 Å². The van der Waals surface area contributed by atoms with Crippen molar-refractivity contribution in [1.29, 1.82) is 0 Å². The van der Waals surface area contributed by atoms with E-state index in [1.807, 2.05) is 0 Å². The van der Waals surface area contributed by atoms with Gasteiger partial charge in [-0.15, -0.1) is 0 Å². The summed E-state index contributed by atoms with van der Waals surface area (Å²) in [5.41, 5.74) is 5.56. The Morgan fingerprint density at radius 1 is 1.25 bits per heavy atom. The van der Waals surface area contributed by atoms with Crippen molar-refractivity contribution in [2.75, 3.05) is 26.0 Å². The molecule has 1 heterocycles. The molecule has 2 unspecified atom stereocenters. The molecule has 0 bridgehead atoms. The van der Waals surface area contributed by atoms with E-state index in [1.165, 1.54) is 22.4 Å². The molecule has 1 aromatic rings. The van der Waals surface area contributed by atoms with Gasteiger partial charge in [-0.1, -0.05) is 13.0 Å². The van der Waals surface area contributed by atoms with Gasteiger partial charge in [-0.3, -0.25) is 0 Å². The first-order valence-corrected chi connectivity index (χ1v) is 6.02.